The summed E-state index contributed by atoms with van der Waals surface area (Å²) in [5, 5.41) is 32.0. The number of piperidine rings is 1. The Balaban J connectivity index is 1.51. The summed E-state index contributed by atoms with van der Waals surface area (Å²) >= 11 is 0. The Hall–Kier alpha value is -2.65. The van der Waals surface area contributed by atoms with Crippen LogP contribution < -0.4 is 0 Å². The lowest BCUT2D eigenvalue weighted by atomic mass is 9.73. The van der Waals surface area contributed by atoms with Crippen molar-refractivity contribution < 1.29 is 34.3 Å². The zero-order valence-electron chi connectivity index (χ0n) is 23.8. The van der Waals surface area contributed by atoms with Crippen molar-refractivity contribution in [3.05, 3.63) is 70.6 Å². The Morgan fingerprint density at radius 2 is 1.88 bits per heavy atom. The van der Waals surface area contributed by atoms with Crippen molar-refractivity contribution in [1.29, 1.82) is 0 Å². The quantitative estimate of drug-likeness (QED) is 0.398. The first-order valence-electron chi connectivity index (χ1n) is 14.7. The van der Waals surface area contributed by atoms with Crippen LogP contribution in [0, 0.1) is 23.7 Å². The number of methoxy groups -OCH3 is 1. The third-order valence-corrected chi connectivity index (χ3v) is 9.03. The second kappa shape index (κ2) is 12.5. The summed E-state index contributed by atoms with van der Waals surface area (Å²) in [4.78, 5) is 14.9. The monoisotopic (exact) mass is 553 g/mol. The van der Waals surface area contributed by atoms with Gasteiger partial charge in [0.25, 0.3) is 0 Å². The van der Waals surface area contributed by atoms with Crippen LogP contribution in [-0.2, 0) is 25.4 Å². The number of hydrogen-bond acceptors (Lipinski definition) is 8. The molecule has 0 aliphatic carbocycles. The lowest BCUT2D eigenvalue weighted by Gasteiger charge is -2.49. The Morgan fingerprint density at radius 3 is 2.55 bits per heavy atom. The SMILES string of the molecule is COC1=C(CO)C(=O)OC1=C1OC2=CCCN3C(C(O)CCC(C)C)CC(Cc4ccccc4)CC3C2C1CO. The predicted octanol–water partition coefficient (Wildman–Crippen LogP) is 3.68. The molecule has 0 aromatic heterocycles. The zero-order chi connectivity index (χ0) is 28.4. The second-order valence-corrected chi connectivity index (χ2v) is 12.0. The maximum absolute atomic E-state index is 12.5. The number of ether oxygens (including phenoxy) is 3. The number of carbonyl (C=O) groups is 1. The fourth-order valence-corrected chi connectivity index (χ4v) is 7.15. The van der Waals surface area contributed by atoms with E-state index in [4.69, 9.17) is 14.2 Å². The van der Waals surface area contributed by atoms with Crippen molar-refractivity contribution in [2.24, 2.45) is 23.7 Å². The minimum atomic E-state index is -0.668. The number of aliphatic hydroxyl groups is 3. The van der Waals surface area contributed by atoms with E-state index in [1.165, 1.54) is 12.7 Å². The van der Waals surface area contributed by atoms with Crippen molar-refractivity contribution in [3.63, 3.8) is 0 Å². The van der Waals surface area contributed by atoms with Gasteiger partial charge < -0.3 is 29.5 Å². The van der Waals surface area contributed by atoms with E-state index in [-0.39, 0.29) is 41.7 Å². The van der Waals surface area contributed by atoms with Gasteiger partial charge >= 0.3 is 5.97 Å². The number of nitrogens with zero attached hydrogens (tertiary/aromatic N) is 1. The molecule has 218 valence electrons. The largest absolute Gasteiger partial charge is 0.492 e. The Labute approximate surface area is 236 Å². The maximum atomic E-state index is 12.5. The molecule has 2 fully saturated rings. The number of carbonyl (C=O) groups excluding carboxylic acids is 1. The van der Waals surface area contributed by atoms with Gasteiger partial charge in [-0.1, -0.05) is 44.2 Å². The molecule has 2 saturated heterocycles. The Bertz CT molecular complexity index is 1160. The van der Waals surface area contributed by atoms with Gasteiger partial charge in [-0.15, -0.1) is 0 Å². The van der Waals surface area contributed by atoms with Gasteiger partial charge in [-0.2, -0.15) is 0 Å². The van der Waals surface area contributed by atoms with Crippen LogP contribution >= 0.6 is 0 Å². The molecule has 3 N–H and O–H groups in total. The molecule has 40 heavy (non-hydrogen) atoms. The van der Waals surface area contributed by atoms with Crippen LogP contribution in [-0.4, -0.2) is 71.2 Å². The molecule has 0 spiro atoms. The highest BCUT2D eigenvalue weighted by atomic mass is 16.6. The minimum Gasteiger partial charge on any atom is -0.492 e. The summed E-state index contributed by atoms with van der Waals surface area (Å²) in [5.74, 6) is 1.03. The smallest absolute Gasteiger partial charge is 0.345 e. The van der Waals surface area contributed by atoms with E-state index in [1.807, 2.05) is 6.07 Å². The molecule has 4 heterocycles. The van der Waals surface area contributed by atoms with E-state index in [0.29, 0.717) is 17.6 Å². The number of fused-ring (bicyclic) bond motifs is 3. The van der Waals surface area contributed by atoms with E-state index in [0.717, 1.165) is 50.8 Å². The predicted molar refractivity (Wildman–Crippen MR) is 149 cm³/mol. The third-order valence-electron chi connectivity index (χ3n) is 9.03. The average molecular weight is 554 g/mol. The number of rotatable bonds is 9. The molecule has 4 aliphatic heterocycles. The standard InChI is InChI=1S/C32H43NO7/c1-19(2)11-12-26(36)24-15-21(14-20-8-5-4-6-9-20)16-25-28-22(17-34)30(39-27(28)10-7-13-33(24)25)31-29(38-3)23(18-35)32(37)40-31/h4-6,8-10,19,21-22,24-26,28,34-36H,7,11-18H2,1-3H3. The number of cyclic esters (lactones) is 1. The molecule has 1 aromatic carbocycles. The van der Waals surface area contributed by atoms with E-state index < -0.39 is 24.6 Å². The van der Waals surface area contributed by atoms with Gasteiger partial charge in [0.05, 0.1) is 32.3 Å². The fourth-order valence-electron chi connectivity index (χ4n) is 7.15. The van der Waals surface area contributed by atoms with E-state index >= 15 is 0 Å². The highest BCUT2D eigenvalue weighted by Crippen LogP contribution is 2.50. The van der Waals surface area contributed by atoms with Crippen LogP contribution in [0.15, 0.2) is 65.0 Å². The molecule has 0 radical (unpaired) electrons. The van der Waals surface area contributed by atoms with Gasteiger partial charge in [0.15, 0.2) is 11.5 Å². The molecule has 5 rings (SSSR count). The first-order chi connectivity index (χ1) is 19.4. The van der Waals surface area contributed by atoms with Gasteiger partial charge in [-0.3, -0.25) is 4.90 Å². The highest BCUT2D eigenvalue weighted by molar-refractivity contribution is 5.94. The first-order valence-corrected chi connectivity index (χ1v) is 14.7. The van der Waals surface area contributed by atoms with Crippen molar-refractivity contribution in [1.82, 2.24) is 4.90 Å². The van der Waals surface area contributed by atoms with Gasteiger partial charge in [0.1, 0.15) is 11.3 Å². The van der Waals surface area contributed by atoms with Crippen molar-refractivity contribution in [3.8, 4) is 0 Å². The molecule has 8 heteroatoms. The normalized spacial score (nSPS) is 31.3. The highest BCUT2D eigenvalue weighted by Gasteiger charge is 2.52. The topological polar surface area (TPSA) is 109 Å². The molecule has 6 unspecified atom stereocenters. The van der Waals surface area contributed by atoms with Gasteiger partial charge in [0.2, 0.25) is 5.76 Å². The van der Waals surface area contributed by atoms with Crippen molar-refractivity contribution in [2.75, 3.05) is 26.9 Å². The second-order valence-electron chi connectivity index (χ2n) is 12.0. The first kappa shape index (κ1) is 28.9. The van der Waals surface area contributed by atoms with E-state index in [1.54, 1.807) is 0 Å². The maximum Gasteiger partial charge on any atom is 0.345 e. The molecule has 8 nitrogen and oxygen atoms in total. The number of esters is 1. The van der Waals surface area contributed by atoms with Crippen LogP contribution in [0.1, 0.15) is 51.5 Å². The average Bonchev–Trinajstić information content (AvgIpc) is 3.42. The van der Waals surface area contributed by atoms with Crippen LogP contribution in [0.25, 0.3) is 0 Å². The van der Waals surface area contributed by atoms with Crippen LogP contribution in [0.3, 0.4) is 0 Å². The lowest BCUT2D eigenvalue weighted by molar-refractivity contribution is -0.134. The molecule has 0 saturated carbocycles. The van der Waals surface area contributed by atoms with E-state index in [2.05, 4.69) is 49.1 Å². The summed E-state index contributed by atoms with van der Waals surface area (Å²) in [7, 11) is 1.42. The number of benzene rings is 1. The third kappa shape index (κ3) is 5.59. The molecular formula is C32H43NO7. The summed E-state index contributed by atoms with van der Waals surface area (Å²) in [6, 6.07) is 10.5. The van der Waals surface area contributed by atoms with Gasteiger partial charge in [-0.05, 0) is 62.0 Å². The van der Waals surface area contributed by atoms with Crippen LogP contribution in [0.4, 0.5) is 0 Å². The number of hydrogen-bond donors (Lipinski definition) is 3. The fraction of sp³-hybridized carbons (Fsp3) is 0.594. The minimum absolute atomic E-state index is 0.00902. The molecule has 0 amide bonds. The van der Waals surface area contributed by atoms with Crippen LogP contribution in [0.5, 0.6) is 0 Å². The summed E-state index contributed by atoms with van der Waals surface area (Å²) < 4.78 is 17.4. The van der Waals surface area contributed by atoms with Crippen molar-refractivity contribution in [2.45, 2.75) is 70.6 Å². The summed E-state index contributed by atoms with van der Waals surface area (Å²) in [6.45, 7) is 4.48. The molecule has 6 atom stereocenters. The van der Waals surface area contributed by atoms with Crippen LogP contribution in [0.2, 0.25) is 0 Å². The van der Waals surface area contributed by atoms with E-state index in [9.17, 15) is 20.1 Å². The molecule has 0 bridgehead atoms. The molecule has 1 aromatic rings. The van der Waals surface area contributed by atoms with Gasteiger partial charge in [-0.25, -0.2) is 4.79 Å². The zero-order valence-corrected chi connectivity index (χ0v) is 23.8. The lowest BCUT2D eigenvalue weighted by Crippen LogP contribution is -2.57. The molecular weight excluding hydrogens is 510 g/mol. The Kier molecular flexibility index (Phi) is 9.00. The van der Waals surface area contributed by atoms with Crippen molar-refractivity contribution >= 4 is 5.97 Å². The number of aliphatic hydroxyl groups excluding tert-OH is 3. The summed E-state index contributed by atoms with van der Waals surface area (Å²) in [5.41, 5.74) is 1.33. The van der Waals surface area contributed by atoms with Gasteiger partial charge in [0, 0.05) is 24.5 Å². The Morgan fingerprint density at radius 1 is 1.10 bits per heavy atom. The summed E-state index contributed by atoms with van der Waals surface area (Å²) in [6.07, 6.45) is 6.87. The molecule has 4 aliphatic rings.